The van der Waals surface area contributed by atoms with Crippen LogP contribution in [0, 0.1) is 11.7 Å². The molecule has 1 saturated carbocycles. The number of alkyl halides is 3. The Morgan fingerprint density at radius 1 is 1.32 bits per heavy atom. The summed E-state index contributed by atoms with van der Waals surface area (Å²) in [7, 11) is 0. The number of nitrogens with one attached hydrogen (secondary N) is 1. The van der Waals surface area contributed by atoms with Gasteiger partial charge in [-0.1, -0.05) is 13.3 Å². The minimum absolute atomic E-state index is 0.0408. The summed E-state index contributed by atoms with van der Waals surface area (Å²) >= 11 is 0. The Labute approximate surface area is 110 Å². The molecule has 2 rings (SSSR count). The molecule has 5 heteroatoms. The summed E-state index contributed by atoms with van der Waals surface area (Å²) in [6.45, 7) is 2.41. The van der Waals surface area contributed by atoms with Crippen LogP contribution in [-0.2, 0) is 6.18 Å². The van der Waals surface area contributed by atoms with Gasteiger partial charge in [0.25, 0.3) is 0 Å². The second-order valence-corrected chi connectivity index (χ2v) is 4.96. The highest BCUT2D eigenvalue weighted by molar-refractivity contribution is 5.34. The predicted molar refractivity (Wildman–Crippen MR) is 65.2 cm³/mol. The van der Waals surface area contributed by atoms with Crippen molar-refractivity contribution < 1.29 is 17.6 Å². The van der Waals surface area contributed by atoms with Crippen LogP contribution < -0.4 is 5.32 Å². The largest absolute Gasteiger partial charge is 0.416 e. The minimum Gasteiger partial charge on any atom is -0.310 e. The molecule has 0 bridgehead atoms. The average molecular weight is 275 g/mol. The smallest absolute Gasteiger partial charge is 0.310 e. The average Bonchev–Trinajstić information content (AvgIpc) is 2.24. The lowest BCUT2D eigenvalue weighted by atomic mass is 9.76. The summed E-state index contributed by atoms with van der Waals surface area (Å²) in [5, 5.41) is 3.07. The molecule has 1 aromatic rings. The molecule has 1 atom stereocenters. The predicted octanol–water partition coefficient (Wildman–Crippen LogP) is 4.30. The van der Waals surface area contributed by atoms with E-state index in [2.05, 4.69) is 5.32 Å². The maximum Gasteiger partial charge on any atom is 0.416 e. The number of hydrogen-bond acceptors (Lipinski definition) is 1. The van der Waals surface area contributed by atoms with Gasteiger partial charge in [0.2, 0.25) is 0 Å². The van der Waals surface area contributed by atoms with E-state index >= 15 is 0 Å². The summed E-state index contributed by atoms with van der Waals surface area (Å²) in [6, 6.07) is 2.32. The van der Waals surface area contributed by atoms with Gasteiger partial charge in [-0.25, -0.2) is 4.39 Å². The Balaban J connectivity index is 2.41. The van der Waals surface area contributed by atoms with Crippen LogP contribution in [0.15, 0.2) is 18.2 Å². The molecule has 0 spiro atoms. The first-order valence-electron chi connectivity index (χ1n) is 6.53. The van der Waals surface area contributed by atoms with E-state index in [0.29, 0.717) is 6.54 Å². The highest BCUT2D eigenvalue weighted by Crippen LogP contribution is 2.42. The zero-order valence-electron chi connectivity index (χ0n) is 10.7. The molecule has 0 amide bonds. The molecule has 0 saturated heterocycles. The molecule has 1 aromatic carbocycles. The van der Waals surface area contributed by atoms with Crippen molar-refractivity contribution in [2.45, 2.75) is 38.4 Å². The summed E-state index contributed by atoms with van der Waals surface area (Å²) in [5.74, 6) is -0.451. The fourth-order valence-electron chi connectivity index (χ4n) is 2.57. The number of benzene rings is 1. The fourth-order valence-corrected chi connectivity index (χ4v) is 2.57. The van der Waals surface area contributed by atoms with Gasteiger partial charge in [-0.15, -0.1) is 0 Å². The molecule has 1 unspecified atom stereocenters. The van der Waals surface area contributed by atoms with E-state index in [1.807, 2.05) is 6.92 Å². The van der Waals surface area contributed by atoms with Crippen molar-refractivity contribution in [2.75, 3.05) is 6.54 Å². The Morgan fingerprint density at radius 3 is 2.47 bits per heavy atom. The van der Waals surface area contributed by atoms with Crippen molar-refractivity contribution in [3.63, 3.8) is 0 Å². The number of hydrogen-bond donors (Lipinski definition) is 1. The van der Waals surface area contributed by atoms with Gasteiger partial charge in [0, 0.05) is 6.04 Å². The molecular formula is C14H17F4N. The second-order valence-electron chi connectivity index (χ2n) is 4.96. The summed E-state index contributed by atoms with van der Waals surface area (Å²) in [4.78, 5) is 0. The van der Waals surface area contributed by atoms with Crippen LogP contribution in [0.5, 0.6) is 0 Å². The van der Waals surface area contributed by atoms with Gasteiger partial charge >= 0.3 is 6.18 Å². The van der Waals surface area contributed by atoms with Crippen LogP contribution in [0.25, 0.3) is 0 Å². The summed E-state index contributed by atoms with van der Waals surface area (Å²) < 4.78 is 52.4. The Kier molecular flexibility index (Phi) is 4.13. The number of rotatable bonds is 4. The van der Waals surface area contributed by atoms with Crippen LogP contribution >= 0.6 is 0 Å². The van der Waals surface area contributed by atoms with Gasteiger partial charge in [-0.2, -0.15) is 13.2 Å². The van der Waals surface area contributed by atoms with Crippen molar-refractivity contribution in [3.05, 3.63) is 35.1 Å². The maximum absolute atomic E-state index is 13.3. The zero-order chi connectivity index (χ0) is 14.0. The third-order valence-electron chi connectivity index (χ3n) is 3.70. The monoisotopic (exact) mass is 275 g/mol. The van der Waals surface area contributed by atoms with Gasteiger partial charge < -0.3 is 5.32 Å². The van der Waals surface area contributed by atoms with Crippen molar-refractivity contribution >= 4 is 0 Å². The molecule has 1 fully saturated rings. The standard InChI is InChI=1S/C14H17F4N/c1-2-19-13(9-4-3-5-9)11-8-10(15)6-7-12(11)14(16,17)18/h6-9,13,19H,2-5H2,1H3. The van der Waals surface area contributed by atoms with Gasteiger partial charge in [0.05, 0.1) is 5.56 Å². The first kappa shape index (κ1) is 14.3. The molecular weight excluding hydrogens is 258 g/mol. The minimum atomic E-state index is -4.44. The van der Waals surface area contributed by atoms with E-state index in [0.717, 1.165) is 37.5 Å². The third-order valence-corrected chi connectivity index (χ3v) is 3.70. The molecule has 1 aliphatic carbocycles. The summed E-state index contributed by atoms with van der Waals surface area (Å²) in [6.07, 6.45) is -1.62. The molecule has 106 valence electrons. The molecule has 1 nitrogen and oxygen atoms in total. The van der Waals surface area contributed by atoms with Crippen molar-refractivity contribution in [1.82, 2.24) is 5.32 Å². The third kappa shape index (κ3) is 3.08. The second kappa shape index (κ2) is 5.49. The number of halogens is 4. The van der Waals surface area contributed by atoms with Crippen molar-refractivity contribution in [2.24, 2.45) is 5.92 Å². The van der Waals surface area contributed by atoms with Crippen LogP contribution in [0.1, 0.15) is 43.4 Å². The molecule has 0 aliphatic heterocycles. The van der Waals surface area contributed by atoms with Crippen molar-refractivity contribution in [3.8, 4) is 0 Å². The fraction of sp³-hybridized carbons (Fsp3) is 0.571. The van der Waals surface area contributed by atoms with Crippen molar-refractivity contribution in [1.29, 1.82) is 0 Å². The van der Waals surface area contributed by atoms with E-state index in [9.17, 15) is 17.6 Å². The normalized spacial score (nSPS) is 18.2. The van der Waals surface area contributed by atoms with E-state index in [1.54, 1.807) is 0 Å². The van der Waals surface area contributed by atoms with Crippen LogP contribution in [0.3, 0.4) is 0 Å². The first-order chi connectivity index (χ1) is 8.93. The van der Waals surface area contributed by atoms with Crippen LogP contribution in [-0.4, -0.2) is 6.54 Å². The first-order valence-corrected chi connectivity index (χ1v) is 6.53. The van der Waals surface area contributed by atoms with Gasteiger partial charge in [-0.3, -0.25) is 0 Å². The molecule has 1 N–H and O–H groups in total. The molecule has 19 heavy (non-hydrogen) atoms. The van der Waals surface area contributed by atoms with E-state index in [4.69, 9.17) is 0 Å². The summed E-state index contributed by atoms with van der Waals surface area (Å²) in [5.41, 5.74) is -0.689. The molecule has 0 radical (unpaired) electrons. The van der Waals surface area contributed by atoms with Gasteiger partial charge in [0.15, 0.2) is 0 Å². The molecule has 0 heterocycles. The zero-order valence-corrected chi connectivity index (χ0v) is 10.7. The van der Waals surface area contributed by atoms with Gasteiger partial charge in [0.1, 0.15) is 5.82 Å². The van der Waals surface area contributed by atoms with E-state index in [-0.39, 0.29) is 11.5 Å². The van der Waals surface area contributed by atoms with Crippen LogP contribution in [0.2, 0.25) is 0 Å². The highest BCUT2D eigenvalue weighted by Gasteiger charge is 2.38. The Morgan fingerprint density at radius 2 is 2.00 bits per heavy atom. The quantitative estimate of drug-likeness (QED) is 0.808. The maximum atomic E-state index is 13.3. The van der Waals surface area contributed by atoms with E-state index < -0.39 is 23.6 Å². The lowest BCUT2D eigenvalue weighted by molar-refractivity contribution is -0.138. The SMILES string of the molecule is CCNC(c1cc(F)ccc1C(F)(F)F)C1CCC1. The van der Waals surface area contributed by atoms with E-state index in [1.165, 1.54) is 0 Å². The Hall–Kier alpha value is -1.10. The Bertz CT molecular complexity index is 438. The molecule has 0 aromatic heterocycles. The highest BCUT2D eigenvalue weighted by atomic mass is 19.4. The molecule has 1 aliphatic rings. The van der Waals surface area contributed by atoms with Crippen LogP contribution in [0.4, 0.5) is 17.6 Å². The topological polar surface area (TPSA) is 12.0 Å². The lowest BCUT2D eigenvalue weighted by Crippen LogP contribution is -2.33. The lowest BCUT2D eigenvalue weighted by Gasteiger charge is -2.35. The van der Waals surface area contributed by atoms with Gasteiger partial charge in [-0.05, 0) is 49.1 Å².